The van der Waals surface area contributed by atoms with Gasteiger partial charge in [0.1, 0.15) is 0 Å². The molecule has 0 aliphatic heterocycles. The zero-order valence-corrected chi connectivity index (χ0v) is 13.6. The third-order valence-corrected chi connectivity index (χ3v) is 4.56. The van der Waals surface area contributed by atoms with E-state index in [0.29, 0.717) is 6.54 Å². The maximum atomic E-state index is 5.83. The van der Waals surface area contributed by atoms with Crippen molar-refractivity contribution >= 4 is 37.7 Å². The molecule has 0 bridgehead atoms. The summed E-state index contributed by atoms with van der Waals surface area (Å²) in [7, 11) is 0. The number of nitrogens with one attached hydrogen (secondary N) is 2. The highest BCUT2D eigenvalue weighted by Gasteiger charge is 2.14. The molecule has 0 aliphatic rings. The van der Waals surface area contributed by atoms with Crippen LogP contribution in [0.1, 0.15) is 5.56 Å². The van der Waals surface area contributed by atoms with Crippen LogP contribution in [0.25, 0.3) is 33.2 Å². The third-order valence-electron chi connectivity index (χ3n) is 4.06. The average molecular weight is 354 g/mol. The van der Waals surface area contributed by atoms with E-state index in [-0.39, 0.29) is 0 Å². The van der Waals surface area contributed by atoms with Crippen LogP contribution >= 0.6 is 15.9 Å². The molecule has 3 nitrogen and oxygen atoms in total. The molecule has 0 atom stereocenters. The van der Waals surface area contributed by atoms with E-state index in [9.17, 15) is 0 Å². The first-order valence-electron chi connectivity index (χ1n) is 7.34. The highest BCUT2D eigenvalue weighted by atomic mass is 79.9. The van der Waals surface area contributed by atoms with Gasteiger partial charge in [-0.2, -0.15) is 0 Å². The van der Waals surface area contributed by atoms with E-state index in [4.69, 9.17) is 5.73 Å². The molecule has 4 rings (SSSR count). The second-order valence-corrected chi connectivity index (χ2v) is 6.39. The Kier molecular flexibility index (Phi) is 3.28. The Bertz CT molecular complexity index is 932. The normalized spacial score (nSPS) is 11.5. The Morgan fingerprint density at radius 2 is 1.82 bits per heavy atom. The molecule has 0 saturated heterocycles. The van der Waals surface area contributed by atoms with E-state index >= 15 is 0 Å². The van der Waals surface area contributed by atoms with Gasteiger partial charge in [0.25, 0.3) is 0 Å². The lowest BCUT2D eigenvalue weighted by Gasteiger charge is -2.01. The lowest BCUT2D eigenvalue weighted by molar-refractivity contribution is 0.977. The van der Waals surface area contributed by atoms with E-state index in [1.807, 2.05) is 6.07 Å². The van der Waals surface area contributed by atoms with Crippen molar-refractivity contribution in [3.05, 3.63) is 58.6 Å². The molecule has 2 heterocycles. The zero-order valence-electron chi connectivity index (χ0n) is 12.0. The minimum atomic E-state index is 0.635. The zero-order chi connectivity index (χ0) is 15.1. The Balaban J connectivity index is 1.98. The summed E-state index contributed by atoms with van der Waals surface area (Å²) in [4.78, 5) is 7.05. The fraction of sp³-hybridized carbons (Fsp3) is 0.111. The number of halogens is 1. The second-order valence-electron chi connectivity index (χ2n) is 5.48. The molecule has 2 aromatic heterocycles. The number of rotatable bonds is 3. The smallest absolute Gasteiger partial charge is 0.0663 e. The molecule has 0 aliphatic carbocycles. The molecule has 0 radical (unpaired) electrons. The molecule has 4 N–H and O–H groups in total. The predicted octanol–water partition coefficient (Wildman–Crippen LogP) is 4.58. The highest BCUT2D eigenvalue weighted by molar-refractivity contribution is 9.10. The Morgan fingerprint density at radius 3 is 2.64 bits per heavy atom. The Morgan fingerprint density at radius 1 is 0.955 bits per heavy atom. The van der Waals surface area contributed by atoms with E-state index in [1.165, 1.54) is 16.3 Å². The number of fused-ring (bicyclic) bond motifs is 2. The minimum absolute atomic E-state index is 0.635. The van der Waals surface area contributed by atoms with E-state index in [2.05, 4.69) is 68.4 Å². The van der Waals surface area contributed by atoms with E-state index in [1.54, 1.807) is 0 Å². The SMILES string of the molecule is NCCc1c(-c2cc3ccccc3[nH]2)[nH]c2cc(Br)ccc12. The van der Waals surface area contributed by atoms with Crippen LogP contribution in [0.3, 0.4) is 0 Å². The fourth-order valence-electron chi connectivity index (χ4n) is 3.07. The minimum Gasteiger partial charge on any atom is -0.353 e. The van der Waals surface area contributed by atoms with Crippen molar-refractivity contribution < 1.29 is 0 Å². The summed E-state index contributed by atoms with van der Waals surface area (Å²) >= 11 is 3.54. The number of aromatic amines is 2. The van der Waals surface area contributed by atoms with Gasteiger partial charge in [-0.15, -0.1) is 0 Å². The van der Waals surface area contributed by atoms with Gasteiger partial charge in [0.2, 0.25) is 0 Å². The second kappa shape index (κ2) is 5.30. The summed E-state index contributed by atoms with van der Waals surface area (Å²) in [6, 6.07) is 16.8. The Hall–Kier alpha value is -2.04. The van der Waals surface area contributed by atoms with Crippen molar-refractivity contribution in [2.75, 3.05) is 6.54 Å². The number of para-hydroxylation sites is 1. The van der Waals surface area contributed by atoms with Crippen LogP contribution in [0.5, 0.6) is 0 Å². The summed E-state index contributed by atoms with van der Waals surface area (Å²) in [6.45, 7) is 0.635. The monoisotopic (exact) mass is 353 g/mol. The Labute approximate surface area is 136 Å². The number of benzene rings is 2. The van der Waals surface area contributed by atoms with Crippen molar-refractivity contribution in [1.82, 2.24) is 9.97 Å². The topological polar surface area (TPSA) is 57.6 Å². The van der Waals surface area contributed by atoms with Crippen LogP contribution in [-0.2, 0) is 6.42 Å². The van der Waals surface area contributed by atoms with Crippen LogP contribution < -0.4 is 5.73 Å². The summed E-state index contributed by atoms with van der Waals surface area (Å²) in [5, 5.41) is 2.46. The highest BCUT2D eigenvalue weighted by Crippen LogP contribution is 2.33. The molecule has 2 aromatic carbocycles. The van der Waals surface area contributed by atoms with Crippen molar-refractivity contribution in [3.63, 3.8) is 0 Å². The maximum Gasteiger partial charge on any atom is 0.0663 e. The first kappa shape index (κ1) is 13.6. The summed E-state index contributed by atoms with van der Waals surface area (Å²) < 4.78 is 1.07. The summed E-state index contributed by atoms with van der Waals surface area (Å²) in [6.07, 6.45) is 0.854. The number of H-pyrrole nitrogens is 2. The van der Waals surface area contributed by atoms with Gasteiger partial charge in [-0.1, -0.05) is 40.2 Å². The lowest BCUT2D eigenvalue weighted by Crippen LogP contribution is -2.03. The van der Waals surface area contributed by atoms with Gasteiger partial charge in [-0.25, -0.2) is 0 Å². The first-order chi connectivity index (χ1) is 10.8. The van der Waals surface area contributed by atoms with Crippen LogP contribution in [0.2, 0.25) is 0 Å². The number of hydrogen-bond acceptors (Lipinski definition) is 1. The summed E-state index contributed by atoms with van der Waals surface area (Å²) in [5.41, 5.74) is 11.6. The molecule has 0 amide bonds. The number of nitrogens with two attached hydrogens (primary N) is 1. The van der Waals surface area contributed by atoms with Crippen molar-refractivity contribution in [2.45, 2.75) is 6.42 Å². The molecular formula is C18H16BrN3. The molecule has 4 heteroatoms. The molecular weight excluding hydrogens is 338 g/mol. The average Bonchev–Trinajstić information content (AvgIpc) is 3.08. The van der Waals surface area contributed by atoms with E-state index in [0.717, 1.165) is 33.3 Å². The fourth-order valence-corrected chi connectivity index (χ4v) is 3.43. The summed E-state index contributed by atoms with van der Waals surface area (Å²) in [5.74, 6) is 0. The van der Waals surface area contributed by atoms with Gasteiger partial charge >= 0.3 is 0 Å². The molecule has 22 heavy (non-hydrogen) atoms. The van der Waals surface area contributed by atoms with E-state index < -0.39 is 0 Å². The number of aromatic nitrogens is 2. The van der Waals surface area contributed by atoms with Crippen molar-refractivity contribution in [3.8, 4) is 11.4 Å². The van der Waals surface area contributed by atoms with Crippen LogP contribution in [0.15, 0.2) is 53.0 Å². The lowest BCUT2D eigenvalue weighted by atomic mass is 10.1. The van der Waals surface area contributed by atoms with Gasteiger partial charge in [0.05, 0.1) is 11.4 Å². The molecule has 4 aromatic rings. The van der Waals surface area contributed by atoms with Crippen LogP contribution in [-0.4, -0.2) is 16.5 Å². The molecule has 0 saturated carbocycles. The van der Waals surface area contributed by atoms with Crippen LogP contribution in [0, 0.1) is 0 Å². The largest absolute Gasteiger partial charge is 0.353 e. The standard InChI is InChI=1S/C18H16BrN3/c19-12-5-6-13-14(7-8-20)18(22-16(13)10-12)17-9-11-3-1-2-4-15(11)21-17/h1-6,9-10,21-22H,7-8,20H2. The van der Waals surface area contributed by atoms with Crippen molar-refractivity contribution in [1.29, 1.82) is 0 Å². The van der Waals surface area contributed by atoms with Gasteiger partial charge in [0.15, 0.2) is 0 Å². The van der Waals surface area contributed by atoms with Crippen molar-refractivity contribution in [2.24, 2.45) is 5.73 Å². The van der Waals surface area contributed by atoms with Gasteiger partial charge < -0.3 is 15.7 Å². The number of hydrogen-bond donors (Lipinski definition) is 3. The van der Waals surface area contributed by atoms with Gasteiger partial charge in [0, 0.05) is 26.3 Å². The van der Waals surface area contributed by atoms with Crippen LogP contribution in [0.4, 0.5) is 0 Å². The third kappa shape index (κ3) is 2.16. The van der Waals surface area contributed by atoms with Gasteiger partial charge in [-0.05, 0) is 42.8 Å². The molecule has 0 fully saturated rings. The molecule has 0 spiro atoms. The molecule has 110 valence electrons. The quantitative estimate of drug-likeness (QED) is 0.496. The van der Waals surface area contributed by atoms with Gasteiger partial charge in [-0.3, -0.25) is 0 Å². The molecule has 0 unspecified atom stereocenters. The first-order valence-corrected chi connectivity index (χ1v) is 8.14. The predicted molar refractivity (Wildman–Crippen MR) is 96.0 cm³/mol. The maximum absolute atomic E-state index is 5.83.